The van der Waals surface area contributed by atoms with Gasteiger partial charge in [0.25, 0.3) is 5.92 Å². The van der Waals surface area contributed by atoms with Crippen LogP contribution in [0.25, 0.3) is 0 Å². The van der Waals surface area contributed by atoms with Crippen LogP contribution < -0.4 is 0 Å². The van der Waals surface area contributed by atoms with Gasteiger partial charge in [0, 0.05) is 21.5 Å². The fourth-order valence-electron chi connectivity index (χ4n) is 2.23. The van der Waals surface area contributed by atoms with Gasteiger partial charge in [-0.15, -0.1) is 0 Å². The summed E-state index contributed by atoms with van der Waals surface area (Å²) >= 11 is 9.53. The molecule has 1 atom stereocenters. The molecule has 0 radical (unpaired) electrons. The highest BCUT2D eigenvalue weighted by Crippen LogP contribution is 2.53. The van der Waals surface area contributed by atoms with Gasteiger partial charge in [0.2, 0.25) is 0 Å². The van der Waals surface area contributed by atoms with E-state index in [4.69, 9.17) is 16.0 Å². The molecule has 0 amide bonds. The summed E-state index contributed by atoms with van der Waals surface area (Å²) in [6.07, 6.45) is -1.58. The zero-order chi connectivity index (χ0) is 16.2. The molecule has 0 N–H and O–H groups in total. The Morgan fingerprint density at radius 3 is 2.43 bits per heavy atom. The molecular formula is C15H20BrClF2OSi. The van der Waals surface area contributed by atoms with E-state index in [1.165, 1.54) is 0 Å². The Kier molecular flexibility index (Phi) is 4.38. The maximum absolute atomic E-state index is 14.5. The van der Waals surface area contributed by atoms with Gasteiger partial charge in [-0.05, 0) is 35.8 Å². The van der Waals surface area contributed by atoms with E-state index >= 15 is 0 Å². The van der Waals surface area contributed by atoms with Crippen LogP contribution in [0.4, 0.5) is 8.78 Å². The number of hydrogen-bond donors (Lipinski definition) is 0. The van der Waals surface area contributed by atoms with E-state index in [-0.39, 0.29) is 11.5 Å². The summed E-state index contributed by atoms with van der Waals surface area (Å²) in [6.45, 7) is 10.1. The molecule has 0 heterocycles. The normalized spacial score (nSPS) is 21.5. The standard InChI is InChI=1S/C15H20BrClF2OSi/c1-14(2,3)21(4,5)20-13-12-9(8-15(13,18)19)10(16)6-7-11(12)17/h6-7,13H,8H2,1-5H3. The van der Waals surface area contributed by atoms with Crippen molar-refractivity contribution in [3.63, 3.8) is 0 Å². The van der Waals surface area contributed by atoms with E-state index in [1.54, 1.807) is 12.1 Å². The first-order valence-corrected chi connectivity index (χ1v) is 11.0. The van der Waals surface area contributed by atoms with Gasteiger partial charge in [0.15, 0.2) is 8.32 Å². The van der Waals surface area contributed by atoms with Gasteiger partial charge in [-0.3, -0.25) is 0 Å². The highest BCUT2D eigenvalue weighted by molar-refractivity contribution is 9.10. The molecule has 1 nitrogen and oxygen atoms in total. The van der Waals surface area contributed by atoms with Crippen LogP contribution in [0.3, 0.4) is 0 Å². The van der Waals surface area contributed by atoms with E-state index in [2.05, 4.69) is 15.9 Å². The van der Waals surface area contributed by atoms with Crippen molar-refractivity contribution in [3.05, 3.63) is 32.8 Å². The third-order valence-electron chi connectivity index (χ3n) is 4.52. The lowest BCUT2D eigenvalue weighted by Gasteiger charge is -2.40. The molecule has 1 aromatic carbocycles. The molecule has 2 rings (SSSR count). The fourth-order valence-corrected chi connectivity index (χ4v) is 4.22. The molecule has 6 heteroatoms. The van der Waals surface area contributed by atoms with Gasteiger partial charge in [0.1, 0.15) is 6.10 Å². The number of rotatable bonds is 2. The highest BCUT2D eigenvalue weighted by atomic mass is 79.9. The third kappa shape index (κ3) is 3.07. The maximum Gasteiger partial charge on any atom is 0.280 e. The summed E-state index contributed by atoms with van der Waals surface area (Å²) in [5, 5.41) is 0.221. The molecule has 1 unspecified atom stereocenters. The van der Waals surface area contributed by atoms with E-state index < -0.39 is 20.3 Å². The van der Waals surface area contributed by atoms with E-state index in [0.717, 1.165) is 0 Å². The van der Waals surface area contributed by atoms with Crippen LogP contribution in [0.2, 0.25) is 23.2 Å². The lowest BCUT2D eigenvalue weighted by Crippen LogP contribution is -2.44. The molecule has 1 aliphatic rings. The van der Waals surface area contributed by atoms with Crippen LogP contribution in [0.5, 0.6) is 0 Å². The predicted molar refractivity (Wildman–Crippen MR) is 88.8 cm³/mol. The summed E-state index contributed by atoms with van der Waals surface area (Å²) < 4.78 is 35.7. The second kappa shape index (κ2) is 5.29. The molecule has 0 saturated heterocycles. The smallest absolute Gasteiger partial charge is 0.280 e. The topological polar surface area (TPSA) is 9.23 Å². The molecular weight excluding hydrogens is 378 g/mol. The third-order valence-corrected chi connectivity index (χ3v) is 10.0. The zero-order valence-corrected chi connectivity index (χ0v) is 16.2. The lowest BCUT2D eigenvalue weighted by atomic mass is 10.1. The van der Waals surface area contributed by atoms with Gasteiger partial charge >= 0.3 is 0 Å². The summed E-state index contributed by atoms with van der Waals surface area (Å²) in [6, 6.07) is 3.36. The first kappa shape index (κ1) is 17.4. The largest absolute Gasteiger partial charge is 0.404 e. The Bertz CT molecular complexity index is 570. The Labute approximate surface area is 139 Å². The van der Waals surface area contributed by atoms with Crippen LogP contribution in [0, 0.1) is 0 Å². The molecule has 118 valence electrons. The minimum atomic E-state index is -2.93. The molecule has 1 aromatic rings. The molecule has 0 bridgehead atoms. The van der Waals surface area contributed by atoms with E-state index in [1.807, 2.05) is 33.9 Å². The average molecular weight is 398 g/mol. The maximum atomic E-state index is 14.5. The molecule has 1 aliphatic carbocycles. The number of halogens is 4. The molecule has 0 saturated carbocycles. The van der Waals surface area contributed by atoms with Crippen molar-refractivity contribution in [2.24, 2.45) is 0 Å². The Hall–Kier alpha value is 0.0269. The van der Waals surface area contributed by atoms with Crippen LogP contribution in [-0.2, 0) is 10.8 Å². The summed E-state index contributed by atoms with van der Waals surface area (Å²) in [5.74, 6) is -2.93. The summed E-state index contributed by atoms with van der Waals surface area (Å²) in [4.78, 5) is 0. The molecule has 0 fully saturated rings. The molecule has 0 aliphatic heterocycles. The van der Waals surface area contributed by atoms with Crippen molar-refractivity contribution < 1.29 is 13.2 Å². The van der Waals surface area contributed by atoms with Crippen LogP contribution in [0.1, 0.15) is 38.0 Å². The van der Waals surface area contributed by atoms with Crippen molar-refractivity contribution >= 4 is 35.8 Å². The minimum Gasteiger partial charge on any atom is -0.404 e. The van der Waals surface area contributed by atoms with Crippen molar-refractivity contribution in [1.29, 1.82) is 0 Å². The first-order valence-electron chi connectivity index (χ1n) is 6.89. The second-order valence-corrected chi connectivity index (χ2v) is 13.1. The van der Waals surface area contributed by atoms with Crippen molar-refractivity contribution in [1.82, 2.24) is 0 Å². The van der Waals surface area contributed by atoms with Gasteiger partial charge in [-0.2, -0.15) is 0 Å². The quantitative estimate of drug-likeness (QED) is 0.528. The molecule has 21 heavy (non-hydrogen) atoms. The fraction of sp³-hybridized carbons (Fsp3) is 0.600. The first-order chi connectivity index (χ1) is 9.37. The number of hydrogen-bond acceptors (Lipinski definition) is 1. The van der Waals surface area contributed by atoms with Gasteiger partial charge in [0.05, 0.1) is 0 Å². The lowest BCUT2D eigenvalue weighted by molar-refractivity contribution is -0.0900. The van der Waals surface area contributed by atoms with Crippen LogP contribution in [-0.4, -0.2) is 14.2 Å². The molecule has 0 spiro atoms. The summed E-state index contributed by atoms with van der Waals surface area (Å²) in [7, 11) is -2.32. The summed E-state index contributed by atoms with van der Waals surface area (Å²) in [5.41, 5.74) is 1.01. The number of fused-ring (bicyclic) bond motifs is 1. The Morgan fingerprint density at radius 2 is 1.90 bits per heavy atom. The van der Waals surface area contributed by atoms with Crippen molar-refractivity contribution in [2.75, 3.05) is 0 Å². The van der Waals surface area contributed by atoms with Gasteiger partial charge < -0.3 is 4.43 Å². The number of alkyl halides is 2. The Morgan fingerprint density at radius 1 is 1.33 bits per heavy atom. The number of benzene rings is 1. The van der Waals surface area contributed by atoms with Gasteiger partial charge in [-0.25, -0.2) is 8.78 Å². The molecule has 0 aromatic heterocycles. The van der Waals surface area contributed by atoms with Crippen molar-refractivity contribution in [2.45, 2.75) is 57.4 Å². The monoisotopic (exact) mass is 396 g/mol. The van der Waals surface area contributed by atoms with Crippen LogP contribution in [0.15, 0.2) is 16.6 Å². The van der Waals surface area contributed by atoms with Crippen molar-refractivity contribution in [3.8, 4) is 0 Å². The second-order valence-electron chi connectivity index (χ2n) is 7.12. The van der Waals surface area contributed by atoms with Crippen LogP contribution >= 0.6 is 27.5 Å². The van der Waals surface area contributed by atoms with Gasteiger partial charge in [-0.1, -0.05) is 48.3 Å². The average Bonchev–Trinajstić information content (AvgIpc) is 2.56. The van der Waals surface area contributed by atoms with E-state index in [9.17, 15) is 8.78 Å². The SMILES string of the molecule is CC(C)(C)[Si](C)(C)OC1c2c(Cl)ccc(Br)c2CC1(F)F. The highest BCUT2D eigenvalue weighted by Gasteiger charge is 2.53. The predicted octanol–water partition coefficient (Wildman–Crippen LogP) is 6.36. The van der Waals surface area contributed by atoms with E-state index in [0.29, 0.717) is 20.6 Å². The minimum absolute atomic E-state index is 0.135. The zero-order valence-electron chi connectivity index (χ0n) is 12.9. The Balaban J connectivity index is 2.49.